The van der Waals surface area contributed by atoms with Crippen LogP contribution in [0, 0.1) is 0 Å². The van der Waals surface area contributed by atoms with Crippen LogP contribution in [0.3, 0.4) is 0 Å². The molecule has 3 atom stereocenters. The number of nitrogens with one attached hydrogen (secondary N) is 3. The van der Waals surface area contributed by atoms with Crippen molar-refractivity contribution in [2.45, 2.75) is 31.5 Å². The molecule has 0 aliphatic heterocycles. The van der Waals surface area contributed by atoms with E-state index in [1.54, 1.807) is 12.1 Å². The second kappa shape index (κ2) is 15.2. The van der Waals surface area contributed by atoms with Gasteiger partial charge in [0.1, 0.15) is 17.8 Å². The molecule has 0 heterocycles. The highest BCUT2D eigenvalue weighted by Crippen LogP contribution is 2.13. The van der Waals surface area contributed by atoms with Crippen molar-refractivity contribution >= 4 is 47.3 Å². The van der Waals surface area contributed by atoms with Crippen LogP contribution in [0.4, 0.5) is 0 Å². The van der Waals surface area contributed by atoms with E-state index in [0.29, 0.717) is 11.3 Å². The number of carboxylic acid groups (broad SMARTS) is 1. The minimum Gasteiger partial charge on any atom is -0.482 e. The van der Waals surface area contributed by atoms with E-state index in [0.717, 1.165) is 11.8 Å². The Bertz CT molecular complexity index is 958. The number of hydrogen-bond acceptors (Lipinski definition) is 9. The first kappa shape index (κ1) is 30.2. The lowest BCUT2D eigenvalue weighted by molar-refractivity contribution is -0.139. The SMILES string of the molecule is CC(NC(=O)C(N)CSCC(=O)NCC(=O)N[C@@H](Cc1ccc(OCC(=O)O)cc1)C(N)=O)C(N)=O. The summed E-state index contributed by atoms with van der Waals surface area (Å²) in [6, 6.07) is 3.33. The molecule has 36 heavy (non-hydrogen) atoms. The molecule has 2 unspecified atom stereocenters. The largest absolute Gasteiger partial charge is 0.482 e. The van der Waals surface area contributed by atoms with Gasteiger partial charge in [-0.25, -0.2) is 4.79 Å². The third-order valence-electron chi connectivity index (χ3n) is 4.50. The van der Waals surface area contributed by atoms with Crippen molar-refractivity contribution < 1.29 is 38.6 Å². The maximum Gasteiger partial charge on any atom is 0.341 e. The minimum atomic E-state index is -1.12. The molecule has 1 aromatic carbocycles. The molecular weight excluding hydrogens is 496 g/mol. The van der Waals surface area contributed by atoms with Crippen molar-refractivity contribution in [3.63, 3.8) is 0 Å². The third kappa shape index (κ3) is 12.0. The van der Waals surface area contributed by atoms with Gasteiger partial charge in [-0.05, 0) is 24.6 Å². The van der Waals surface area contributed by atoms with Crippen LogP contribution in [0.5, 0.6) is 5.75 Å². The van der Waals surface area contributed by atoms with E-state index >= 15 is 0 Å². The van der Waals surface area contributed by atoms with Gasteiger partial charge in [-0.1, -0.05) is 12.1 Å². The van der Waals surface area contributed by atoms with Gasteiger partial charge < -0.3 is 43.0 Å². The molecule has 0 aliphatic carbocycles. The van der Waals surface area contributed by atoms with Gasteiger partial charge in [0, 0.05) is 12.2 Å². The summed E-state index contributed by atoms with van der Waals surface area (Å²) in [6.07, 6.45) is 0.0679. The molecule has 0 aliphatic rings. The molecule has 0 aromatic heterocycles. The van der Waals surface area contributed by atoms with E-state index in [4.69, 9.17) is 27.0 Å². The molecule has 0 saturated heterocycles. The average molecular weight is 527 g/mol. The molecule has 0 radical (unpaired) electrons. The van der Waals surface area contributed by atoms with Crippen LogP contribution < -0.4 is 37.9 Å². The smallest absolute Gasteiger partial charge is 0.341 e. The predicted octanol–water partition coefficient (Wildman–Crippen LogP) is -3.17. The molecule has 0 spiro atoms. The molecule has 0 fully saturated rings. The number of carbonyl (C=O) groups is 6. The number of thioether (sulfide) groups is 1. The number of nitrogens with two attached hydrogens (primary N) is 3. The first-order valence-electron chi connectivity index (χ1n) is 10.6. The van der Waals surface area contributed by atoms with Crippen molar-refractivity contribution in [2.75, 3.05) is 24.7 Å². The first-order chi connectivity index (χ1) is 16.9. The van der Waals surface area contributed by atoms with Crippen molar-refractivity contribution in [3.8, 4) is 5.75 Å². The summed E-state index contributed by atoms with van der Waals surface area (Å²) in [5.41, 5.74) is 16.8. The molecule has 1 rings (SSSR count). The Morgan fingerprint density at radius 3 is 2.19 bits per heavy atom. The summed E-state index contributed by atoms with van der Waals surface area (Å²) in [5, 5.41) is 15.8. The van der Waals surface area contributed by atoms with E-state index in [-0.39, 0.29) is 17.9 Å². The maximum atomic E-state index is 12.2. The Kier molecular flexibility index (Phi) is 12.7. The Hall–Kier alpha value is -3.85. The fourth-order valence-electron chi connectivity index (χ4n) is 2.55. The first-order valence-corrected chi connectivity index (χ1v) is 11.8. The van der Waals surface area contributed by atoms with Gasteiger partial charge in [-0.3, -0.25) is 24.0 Å². The van der Waals surface area contributed by atoms with Gasteiger partial charge in [0.05, 0.1) is 18.3 Å². The van der Waals surface area contributed by atoms with Crippen molar-refractivity contribution in [1.29, 1.82) is 0 Å². The van der Waals surface area contributed by atoms with Gasteiger partial charge in [-0.15, -0.1) is 11.8 Å². The second-order valence-electron chi connectivity index (χ2n) is 7.58. The molecule has 0 saturated carbocycles. The zero-order valence-corrected chi connectivity index (χ0v) is 20.3. The quantitative estimate of drug-likeness (QED) is 0.114. The number of benzene rings is 1. The third-order valence-corrected chi connectivity index (χ3v) is 5.56. The van der Waals surface area contributed by atoms with Crippen molar-refractivity contribution in [1.82, 2.24) is 16.0 Å². The van der Waals surface area contributed by atoms with E-state index in [1.165, 1.54) is 19.1 Å². The Labute approximate surface area is 211 Å². The number of carboxylic acids is 1. The van der Waals surface area contributed by atoms with E-state index in [2.05, 4.69) is 16.0 Å². The topological polar surface area (TPSA) is 246 Å². The summed E-state index contributed by atoms with van der Waals surface area (Å²) in [5.74, 6) is -4.03. The van der Waals surface area contributed by atoms with Crippen LogP contribution in [0.1, 0.15) is 12.5 Å². The number of aliphatic carboxylic acids is 1. The highest BCUT2D eigenvalue weighted by atomic mass is 32.2. The lowest BCUT2D eigenvalue weighted by atomic mass is 10.1. The Morgan fingerprint density at radius 2 is 1.64 bits per heavy atom. The molecular formula is C21H30N6O8S. The van der Waals surface area contributed by atoms with Gasteiger partial charge in [0.15, 0.2) is 6.61 Å². The van der Waals surface area contributed by atoms with Crippen molar-refractivity contribution in [3.05, 3.63) is 29.8 Å². The van der Waals surface area contributed by atoms with Crippen LogP contribution in [0.25, 0.3) is 0 Å². The summed E-state index contributed by atoms with van der Waals surface area (Å²) >= 11 is 1.05. The highest BCUT2D eigenvalue weighted by molar-refractivity contribution is 8.00. The monoisotopic (exact) mass is 526 g/mol. The molecule has 198 valence electrons. The zero-order chi connectivity index (χ0) is 27.3. The summed E-state index contributed by atoms with van der Waals surface area (Å²) < 4.78 is 5.02. The minimum absolute atomic E-state index is 0.0679. The number of carbonyl (C=O) groups excluding carboxylic acids is 5. The molecule has 14 nitrogen and oxygen atoms in total. The van der Waals surface area contributed by atoms with Crippen LogP contribution in [0.2, 0.25) is 0 Å². The van der Waals surface area contributed by atoms with Crippen LogP contribution >= 0.6 is 11.8 Å². The molecule has 10 N–H and O–H groups in total. The van der Waals surface area contributed by atoms with Crippen LogP contribution in [0.15, 0.2) is 24.3 Å². The Balaban J connectivity index is 2.41. The molecule has 1 aromatic rings. The van der Waals surface area contributed by atoms with E-state index in [1.807, 2.05) is 0 Å². The highest BCUT2D eigenvalue weighted by Gasteiger charge is 2.20. The second-order valence-corrected chi connectivity index (χ2v) is 8.61. The molecule has 5 amide bonds. The summed E-state index contributed by atoms with van der Waals surface area (Å²) in [6.45, 7) is 0.507. The zero-order valence-electron chi connectivity index (χ0n) is 19.5. The van der Waals surface area contributed by atoms with E-state index in [9.17, 15) is 28.8 Å². The normalized spacial score (nSPS) is 12.9. The molecule has 15 heteroatoms. The van der Waals surface area contributed by atoms with Gasteiger partial charge in [0.25, 0.3) is 0 Å². The van der Waals surface area contributed by atoms with Crippen molar-refractivity contribution in [2.24, 2.45) is 17.2 Å². The maximum absolute atomic E-state index is 12.2. The number of ether oxygens (including phenoxy) is 1. The van der Waals surface area contributed by atoms with Gasteiger partial charge in [0.2, 0.25) is 29.5 Å². The standard InChI is InChI=1S/C21H30N6O8S/c1-11(19(23)32)26-21(34)14(22)9-36-10-17(29)25-7-16(28)27-15(20(24)33)6-12-2-4-13(5-3-12)35-8-18(30)31/h2-5,11,14-15H,6-10,22H2,1H3,(H2,23,32)(H2,24,33)(H,25,29)(H,26,34)(H,27,28)(H,30,31)/t11?,14?,15-/m0/s1. The number of hydrogen-bond donors (Lipinski definition) is 7. The van der Waals surface area contributed by atoms with Gasteiger partial charge in [-0.2, -0.15) is 0 Å². The number of primary amides is 2. The number of rotatable bonds is 16. The fourth-order valence-corrected chi connectivity index (χ4v) is 3.36. The van der Waals surface area contributed by atoms with Crippen LogP contribution in [-0.4, -0.2) is 83.4 Å². The summed E-state index contributed by atoms with van der Waals surface area (Å²) in [4.78, 5) is 69.2. The fraction of sp³-hybridized carbons (Fsp3) is 0.429. The average Bonchev–Trinajstić information content (AvgIpc) is 2.81. The lowest BCUT2D eigenvalue weighted by Crippen LogP contribution is -2.50. The lowest BCUT2D eigenvalue weighted by Gasteiger charge is -2.16. The molecule has 0 bridgehead atoms. The predicted molar refractivity (Wildman–Crippen MR) is 130 cm³/mol. The Morgan fingerprint density at radius 1 is 1.00 bits per heavy atom. The van der Waals surface area contributed by atoms with Gasteiger partial charge >= 0.3 is 5.97 Å². The number of amides is 5. The van der Waals surface area contributed by atoms with Crippen LogP contribution in [-0.2, 0) is 35.2 Å². The van der Waals surface area contributed by atoms with E-state index < -0.39 is 66.8 Å². The summed E-state index contributed by atoms with van der Waals surface area (Å²) in [7, 11) is 0.